The highest BCUT2D eigenvalue weighted by Crippen LogP contribution is 2.29. The van der Waals surface area contributed by atoms with Gasteiger partial charge in [0.15, 0.2) is 5.78 Å². The van der Waals surface area contributed by atoms with E-state index in [0.717, 1.165) is 0 Å². The third-order valence-electron chi connectivity index (χ3n) is 4.34. The number of halogens is 1. The molecule has 0 aliphatic carbocycles. The molecule has 0 radical (unpaired) electrons. The predicted molar refractivity (Wildman–Crippen MR) is 95.3 cm³/mol. The van der Waals surface area contributed by atoms with Crippen LogP contribution in [-0.2, 0) is 14.3 Å². The lowest BCUT2D eigenvalue weighted by Gasteiger charge is -2.21. The lowest BCUT2D eigenvalue weighted by atomic mass is 9.81. The first-order valence-electron chi connectivity index (χ1n) is 8.43. The summed E-state index contributed by atoms with van der Waals surface area (Å²) < 4.78 is 17.9. The molecular formula is C21H21FO4. The maximum absolute atomic E-state index is 13.2. The molecule has 2 atom stereocenters. The number of hydrogen-bond donors (Lipinski definition) is 0. The summed E-state index contributed by atoms with van der Waals surface area (Å²) >= 11 is 0. The fourth-order valence-electron chi connectivity index (χ4n) is 2.88. The lowest BCUT2D eigenvalue weighted by molar-refractivity contribution is -0.149. The van der Waals surface area contributed by atoms with Crippen LogP contribution >= 0.6 is 0 Å². The molecule has 0 bridgehead atoms. The van der Waals surface area contributed by atoms with Gasteiger partial charge in [-0.25, -0.2) is 4.39 Å². The molecule has 2 aromatic rings. The summed E-state index contributed by atoms with van der Waals surface area (Å²) in [6, 6.07) is 14.2. The van der Waals surface area contributed by atoms with Crippen LogP contribution in [-0.4, -0.2) is 24.6 Å². The van der Waals surface area contributed by atoms with E-state index in [-0.39, 0.29) is 24.4 Å². The van der Waals surface area contributed by atoms with Gasteiger partial charge in [0, 0.05) is 17.9 Å². The molecule has 0 aromatic heterocycles. The second-order valence-electron chi connectivity index (χ2n) is 5.97. The minimum Gasteiger partial charge on any atom is -0.468 e. The van der Waals surface area contributed by atoms with Crippen molar-refractivity contribution >= 4 is 17.5 Å². The Kier molecular flexibility index (Phi) is 6.78. The molecule has 136 valence electrons. The van der Waals surface area contributed by atoms with Crippen LogP contribution in [0.25, 0.3) is 0 Å². The Hall–Kier alpha value is -2.82. The molecule has 0 N–H and O–H groups in total. The Morgan fingerprint density at radius 3 is 2.15 bits per heavy atom. The predicted octanol–water partition coefficient (Wildman–Crippen LogP) is 3.95. The molecule has 2 rings (SSSR count). The van der Waals surface area contributed by atoms with E-state index in [1.54, 1.807) is 31.2 Å². The number of esters is 1. The average Bonchev–Trinajstić information content (AvgIpc) is 2.68. The van der Waals surface area contributed by atoms with Crippen molar-refractivity contribution in [3.63, 3.8) is 0 Å². The normalized spacial score (nSPS) is 12.9. The number of rotatable bonds is 8. The second kappa shape index (κ2) is 9.04. The summed E-state index contributed by atoms with van der Waals surface area (Å²) in [7, 11) is 1.22. The molecule has 0 saturated carbocycles. The van der Waals surface area contributed by atoms with Gasteiger partial charge in [-0.15, -0.1) is 0 Å². The Morgan fingerprint density at radius 2 is 1.62 bits per heavy atom. The van der Waals surface area contributed by atoms with E-state index in [2.05, 4.69) is 0 Å². The van der Waals surface area contributed by atoms with Gasteiger partial charge in [0.05, 0.1) is 7.11 Å². The highest BCUT2D eigenvalue weighted by atomic mass is 19.1. The third kappa shape index (κ3) is 4.63. The van der Waals surface area contributed by atoms with E-state index in [9.17, 15) is 18.8 Å². The van der Waals surface area contributed by atoms with Gasteiger partial charge in [0.1, 0.15) is 17.5 Å². The van der Waals surface area contributed by atoms with Crippen LogP contribution in [0.4, 0.5) is 4.39 Å². The number of hydrogen-bond acceptors (Lipinski definition) is 4. The number of Topliss-reactive ketones (excluding diaryl/α,β-unsaturated/α-hetero) is 2. The Bertz CT molecular complexity index is 752. The molecular weight excluding hydrogens is 335 g/mol. The highest BCUT2D eigenvalue weighted by molar-refractivity contribution is 6.03. The van der Waals surface area contributed by atoms with E-state index < -0.39 is 23.6 Å². The fraction of sp³-hybridized carbons (Fsp3) is 0.286. The third-order valence-corrected chi connectivity index (χ3v) is 4.34. The molecule has 4 nitrogen and oxygen atoms in total. The summed E-state index contributed by atoms with van der Waals surface area (Å²) in [6.07, 6.45) is 0.186. The van der Waals surface area contributed by atoms with Gasteiger partial charge in [-0.3, -0.25) is 14.4 Å². The van der Waals surface area contributed by atoms with Crippen molar-refractivity contribution in [2.45, 2.75) is 25.7 Å². The van der Waals surface area contributed by atoms with Crippen molar-refractivity contribution in [1.82, 2.24) is 0 Å². The van der Waals surface area contributed by atoms with Crippen LogP contribution in [0.1, 0.15) is 41.6 Å². The van der Waals surface area contributed by atoms with E-state index in [1.807, 2.05) is 6.07 Å². The molecule has 26 heavy (non-hydrogen) atoms. The number of benzene rings is 2. The number of ketones is 2. The van der Waals surface area contributed by atoms with Crippen molar-refractivity contribution in [3.8, 4) is 0 Å². The van der Waals surface area contributed by atoms with Gasteiger partial charge in [-0.05, 0) is 36.2 Å². The summed E-state index contributed by atoms with van der Waals surface area (Å²) in [4.78, 5) is 37.3. The van der Waals surface area contributed by atoms with Gasteiger partial charge < -0.3 is 4.74 Å². The van der Waals surface area contributed by atoms with Crippen LogP contribution in [0.15, 0.2) is 54.6 Å². The van der Waals surface area contributed by atoms with Crippen LogP contribution in [0.3, 0.4) is 0 Å². The van der Waals surface area contributed by atoms with Gasteiger partial charge >= 0.3 is 5.97 Å². The first-order valence-corrected chi connectivity index (χ1v) is 8.43. The molecule has 0 amide bonds. The number of carbonyl (C=O) groups excluding carboxylic acids is 3. The molecule has 0 heterocycles. The van der Waals surface area contributed by atoms with Crippen molar-refractivity contribution in [1.29, 1.82) is 0 Å². The molecule has 0 aliphatic heterocycles. The van der Waals surface area contributed by atoms with Gasteiger partial charge in [-0.2, -0.15) is 0 Å². The first kappa shape index (κ1) is 19.5. The zero-order valence-electron chi connectivity index (χ0n) is 14.8. The average molecular weight is 356 g/mol. The van der Waals surface area contributed by atoms with Crippen molar-refractivity contribution < 1.29 is 23.5 Å². The van der Waals surface area contributed by atoms with Gasteiger partial charge in [-0.1, -0.05) is 37.3 Å². The summed E-state index contributed by atoms with van der Waals surface area (Å²) in [6.45, 7) is 1.66. The molecule has 2 aromatic carbocycles. The van der Waals surface area contributed by atoms with E-state index in [0.29, 0.717) is 11.1 Å². The van der Waals surface area contributed by atoms with E-state index >= 15 is 0 Å². The zero-order valence-corrected chi connectivity index (χ0v) is 14.8. The molecule has 0 aliphatic rings. The van der Waals surface area contributed by atoms with Crippen molar-refractivity contribution in [3.05, 3.63) is 71.5 Å². The summed E-state index contributed by atoms with van der Waals surface area (Å²) in [5.74, 6) is -3.35. The van der Waals surface area contributed by atoms with Gasteiger partial charge in [0.25, 0.3) is 0 Å². The van der Waals surface area contributed by atoms with Crippen molar-refractivity contribution in [2.75, 3.05) is 7.11 Å². The van der Waals surface area contributed by atoms with Gasteiger partial charge in [0.2, 0.25) is 0 Å². The van der Waals surface area contributed by atoms with Crippen LogP contribution in [0.5, 0.6) is 0 Å². The smallest absolute Gasteiger partial charge is 0.316 e. The van der Waals surface area contributed by atoms with Crippen LogP contribution in [0, 0.1) is 11.7 Å². The van der Waals surface area contributed by atoms with Crippen molar-refractivity contribution in [2.24, 2.45) is 5.92 Å². The zero-order chi connectivity index (χ0) is 19.1. The molecule has 2 unspecified atom stereocenters. The standard InChI is InChI=1S/C21H21FO4/c1-3-19(23)18(21(25)26-2)13-17(14-7-5-4-6-8-14)20(24)15-9-11-16(22)12-10-15/h4-12,17-18H,3,13H2,1-2H3. The molecule has 0 fully saturated rings. The Balaban J connectivity index is 2.40. The Labute approximate surface area is 152 Å². The molecule has 5 heteroatoms. The van der Waals surface area contributed by atoms with E-state index in [4.69, 9.17) is 4.74 Å². The summed E-state index contributed by atoms with van der Waals surface area (Å²) in [5.41, 5.74) is 1.02. The molecule has 0 spiro atoms. The SMILES string of the molecule is CCC(=O)C(CC(C(=O)c1ccc(F)cc1)c1ccccc1)C(=O)OC. The number of methoxy groups -OCH3 is 1. The Morgan fingerprint density at radius 1 is 1.00 bits per heavy atom. The fourth-order valence-corrected chi connectivity index (χ4v) is 2.88. The monoisotopic (exact) mass is 356 g/mol. The lowest BCUT2D eigenvalue weighted by Crippen LogP contribution is -2.29. The van der Waals surface area contributed by atoms with Crippen LogP contribution in [0.2, 0.25) is 0 Å². The molecule has 0 saturated heterocycles. The maximum Gasteiger partial charge on any atom is 0.316 e. The minimum absolute atomic E-state index is 0.0135. The number of ether oxygens (including phenoxy) is 1. The highest BCUT2D eigenvalue weighted by Gasteiger charge is 2.33. The largest absolute Gasteiger partial charge is 0.468 e. The quantitative estimate of drug-likeness (QED) is 0.408. The minimum atomic E-state index is -1.01. The van der Waals surface area contributed by atoms with E-state index in [1.165, 1.54) is 31.4 Å². The second-order valence-corrected chi connectivity index (χ2v) is 5.97. The maximum atomic E-state index is 13.2. The topological polar surface area (TPSA) is 60.4 Å². The number of carbonyl (C=O) groups is 3. The summed E-state index contributed by atoms with van der Waals surface area (Å²) in [5, 5.41) is 0. The first-order chi connectivity index (χ1) is 12.5. The van der Waals surface area contributed by atoms with Crippen LogP contribution < -0.4 is 0 Å².